The molecule has 0 saturated heterocycles. The molecule has 0 heterocycles. The van der Waals surface area contributed by atoms with Crippen LogP contribution in [0.15, 0.2) is 71.6 Å². The maximum atomic E-state index is 13.1. The molecule has 0 aromatic heterocycles. The average molecular weight is 458 g/mol. The minimum atomic E-state index is -3.87. The lowest BCUT2D eigenvalue weighted by Crippen LogP contribution is -2.22. The Balaban J connectivity index is 1.80. The number of ether oxygens (including phenoxy) is 2. The Kier molecular flexibility index (Phi) is 6.98. The molecule has 0 unspecified atom stereocenters. The third kappa shape index (κ3) is 5.87. The zero-order valence-corrected chi connectivity index (χ0v) is 18.9. The maximum absolute atomic E-state index is 13.1. The molecule has 9 heteroatoms. The van der Waals surface area contributed by atoms with Crippen molar-refractivity contribution in [3.63, 3.8) is 0 Å². The summed E-state index contributed by atoms with van der Waals surface area (Å²) in [5, 5.41) is 6.27. The van der Waals surface area contributed by atoms with E-state index in [9.17, 15) is 8.42 Å². The van der Waals surface area contributed by atoms with Gasteiger partial charge in [-0.1, -0.05) is 6.07 Å². The molecule has 0 radical (unpaired) electrons. The van der Waals surface area contributed by atoms with E-state index in [1.165, 1.54) is 0 Å². The molecule has 7 nitrogen and oxygen atoms in total. The second-order valence-corrected chi connectivity index (χ2v) is 8.70. The summed E-state index contributed by atoms with van der Waals surface area (Å²) in [6, 6.07) is 18.9. The van der Waals surface area contributed by atoms with Gasteiger partial charge in [0.1, 0.15) is 16.4 Å². The van der Waals surface area contributed by atoms with E-state index >= 15 is 0 Å². The van der Waals surface area contributed by atoms with Crippen LogP contribution in [-0.4, -0.2) is 27.7 Å². The van der Waals surface area contributed by atoms with E-state index in [0.29, 0.717) is 17.1 Å². The zero-order valence-electron chi connectivity index (χ0n) is 17.3. The van der Waals surface area contributed by atoms with Gasteiger partial charge in [0.25, 0.3) is 10.0 Å². The summed E-state index contributed by atoms with van der Waals surface area (Å²) in [7, 11) is -0.731. The highest BCUT2D eigenvalue weighted by Gasteiger charge is 2.20. The molecule has 3 aromatic carbocycles. The van der Waals surface area contributed by atoms with Crippen LogP contribution >= 0.6 is 12.2 Å². The molecule has 0 aliphatic heterocycles. The second kappa shape index (κ2) is 9.67. The number of methoxy groups -OCH3 is 2. The molecule has 3 N–H and O–H groups in total. The Morgan fingerprint density at radius 1 is 0.806 bits per heavy atom. The monoisotopic (exact) mass is 457 g/mol. The number of hydrogen-bond acceptors (Lipinski definition) is 5. The predicted octanol–water partition coefficient (Wildman–Crippen LogP) is 4.62. The van der Waals surface area contributed by atoms with Gasteiger partial charge in [-0.3, -0.25) is 4.72 Å². The molecule has 0 amide bonds. The largest absolute Gasteiger partial charge is 0.497 e. The minimum Gasteiger partial charge on any atom is -0.497 e. The molecule has 31 heavy (non-hydrogen) atoms. The number of rotatable bonds is 7. The summed E-state index contributed by atoms with van der Waals surface area (Å²) in [4.78, 5) is 0.0854. The number of sulfonamides is 1. The van der Waals surface area contributed by atoms with Crippen LogP contribution in [0.1, 0.15) is 5.56 Å². The Morgan fingerprint density at radius 3 is 1.90 bits per heavy atom. The minimum absolute atomic E-state index is 0.0854. The summed E-state index contributed by atoms with van der Waals surface area (Å²) >= 11 is 5.37. The maximum Gasteiger partial charge on any atom is 0.263 e. The first-order valence-corrected chi connectivity index (χ1v) is 11.2. The topological polar surface area (TPSA) is 88.7 Å². The van der Waals surface area contributed by atoms with Crippen molar-refractivity contribution in [2.45, 2.75) is 11.8 Å². The number of nitrogens with one attached hydrogen (secondary N) is 3. The fourth-order valence-corrected chi connectivity index (χ4v) is 4.32. The molecular formula is C22H23N3O4S2. The van der Waals surface area contributed by atoms with Crippen LogP contribution in [-0.2, 0) is 10.0 Å². The van der Waals surface area contributed by atoms with Crippen LogP contribution < -0.4 is 24.8 Å². The van der Waals surface area contributed by atoms with Crippen molar-refractivity contribution >= 4 is 44.4 Å². The van der Waals surface area contributed by atoms with Gasteiger partial charge in [0, 0.05) is 11.4 Å². The Morgan fingerprint density at radius 2 is 1.35 bits per heavy atom. The van der Waals surface area contributed by atoms with Gasteiger partial charge in [0.2, 0.25) is 0 Å². The summed E-state index contributed by atoms with van der Waals surface area (Å²) in [6.45, 7) is 1.82. The molecule has 0 atom stereocenters. The Bertz CT molecular complexity index is 1160. The lowest BCUT2D eigenvalue weighted by atomic mass is 10.2. The van der Waals surface area contributed by atoms with Crippen LogP contribution in [0.4, 0.5) is 17.1 Å². The molecule has 0 aliphatic rings. The van der Waals surface area contributed by atoms with Gasteiger partial charge < -0.3 is 20.1 Å². The van der Waals surface area contributed by atoms with E-state index in [4.69, 9.17) is 21.7 Å². The van der Waals surface area contributed by atoms with E-state index in [1.807, 2.05) is 25.1 Å². The molecule has 3 rings (SSSR count). The average Bonchev–Trinajstić information content (AvgIpc) is 2.75. The van der Waals surface area contributed by atoms with Gasteiger partial charge in [0.15, 0.2) is 5.11 Å². The quantitative estimate of drug-likeness (QED) is 0.446. The molecule has 0 spiro atoms. The van der Waals surface area contributed by atoms with Crippen molar-refractivity contribution in [3.8, 4) is 11.5 Å². The van der Waals surface area contributed by atoms with Crippen molar-refractivity contribution < 1.29 is 17.9 Å². The van der Waals surface area contributed by atoms with Crippen molar-refractivity contribution in [1.29, 1.82) is 0 Å². The third-order valence-electron chi connectivity index (χ3n) is 4.36. The van der Waals surface area contributed by atoms with E-state index < -0.39 is 10.0 Å². The van der Waals surface area contributed by atoms with Crippen molar-refractivity contribution in [2.75, 3.05) is 29.6 Å². The third-order valence-corrected chi connectivity index (χ3v) is 5.99. The molecular weight excluding hydrogens is 434 g/mol. The van der Waals surface area contributed by atoms with Crippen LogP contribution in [0, 0.1) is 6.92 Å². The molecule has 0 saturated carbocycles. The number of benzene rings is 3. The first kappa shape index (κ1) is 22.4. The van der Waals surface area contributed by atoms with Crippen LogP contribution in [0.3, 0.4) is 0 Å². The SMILES string of the molecule is COc1ccc(NC(=S)Nc2ccc(C)cc2S(=O)(=O)Nc2ccc(OC)cc2)cc1. The van der Waals surface area contributed by atoms with Crippen LogP contribution in [0.25, 0.3) is 0 Å². The van der Waals surface area contributed by atoms with Crippen LogP contribution in [0.2, 0.25) is 0 Å². The fraction of sp³-hybridized carbons (Fsp3) is 0.136. The van der Waals surface area contributed by atoms with Crippen molar-refractivity contribution in [3.05, 3.63) is 72.3 Å². The number of anilines is 3. The van der Waals surface area contributed by atoms with E-state index in [2.05, 4.69) is 15.4 Å². The van der Waals surface area contributed by atoms with Gasteiger partial charge >= 0.3 is 0 Å². The first-order chi connectivity index (χ1) is 14.8. The number of thiocarbonyl (C=S) groups is 1. The van der Waals surface area contributed by atoms with E-state index in [-0.39, 0.29) is 10.0 Å². The molecule has 0 bridgehead atoms. The van der Waals surface area contributed by atoms with Crippen molar-refractivity contribution in [1.82, 2.24) is 0 Å². The molecule has 0 aliphatic carbocycles. The fourth-order valence-electron chi connectivity index (χ4n) is 2.78. The zero-order chi connectivity index (χ0) is 22.4. The van der Waals surface area contributed by atoms with Crippen molar-refractivity contribution in [2.24, 2.45) is 0 Å². The second-order valence-electron chi connectivity index (χ2n) is 6.64. The van der Waals surface area contributed by atoms with Gasteiger partial charge in [-0.2, -0.15) is 0 Å². The molecule has 0 fully saturated rings. The van der Waals surface area contributed by atoms with Gasteiger partial charge in [0.05, 0.1) is 19.9 Å². The van der Waals surface area contributed by atoms with Gasteiger partial charge in [-0.15, -0.1) is 0 Å². The summed E-state index contributed by atoms with van der Waals surface area (Å²) in [5.41, 5.74) is 2.32. The standard InChI is InChI=1S/C22H23N3O4S2/c1-15-4-13-20(24-22(30)23-16-5-9-18(28-2)10-6-16)21(14-15)31(26,27)25-17-7-11-19(29-3)12-8-17/h4-14,25H,1-3H3,(H2,23,24,30). The number of aryl methyl sites for hydroxylation is 1. The van der Waals surface area contributed by atoms with Crippen LogP contribution in [0.5, 0.6) is 11.5 Å². The first-order valence-electron chi connectivity index (χ1n) is 9.30. The molecule has 162 valence electrons. The Hall–Kier alpha value is -3.30. The summed E-state index contributed by atoms with van der Waals surface area (Å²) in [5.74, 6) is 1.36. The summed E-state index contributed by atoms with van der Waals surface area (Å²) < 4.78 is 39.0. The lowest BCUT2D eigenvalue weighted by molar-refractivity contribution is 0.415. The highest BCUT2D eigenvalue weighted by molar-refractivity contribution is 7.93. The van der Waals surface area contributed by atoms with Gasteiger partial charge in [-0.05, 0) is 85.4 Å². The van der Waals surface area contributed by atoms with Gasteiger partial charge in [-0.25, -0.2) is 8.42 Å². The predicted molar refractivity (Wildman–Crippen MR) is 128 cm³/mol. The number of hydrogen-bond donors (Lipinski definition) is 3. The lowest BCUT2D eigenvalue weighted by Gasteiger charge is -2.16. The normalized spacial score (nSPS) is 10.8. The van der Waals surface area contributed by atoms with E-state index in [0.717, 1.165) is 17.0 Å². The molecule has 3 aromatic rings. The Labute approximate surface area is 187 Å². The highest BCUT2D eigenvalue weighted by atomic mass is 32.2. The highest BCUT2D eigenvalue weighted by Crippen LogP contribution is 2.26. The smallest absolute Gasteiger partial charge is 0.263 e. The summed E-state index contributed by atoms with van der Waals surface area (Å²) in [6.07, 6.45) is 0. The van der Waals surface area contributed by atoms with E-state index in [1.54, 1.807) is 62.8 Å².